The lowest BCUT2D eigenvalue weighted by Crippen LogP contribution is -2.18. The molecule has 1 heterocycles. The van der Waals surface area contributed by atoms with Crippen molar-refractivity contribution in [1.82, 2.24) is 5.32 Å². The van der Waals surface area contributed by atoms with E-state index in [1.165, 1.54) is 5.56 Å². The van der Waals surface area contributed by atoms with Crippen molar-refractivity contribution < 1.29 is 18.7 Å². The van der Waals surface area contributed by atoms with E-state index in [2.05, 4.69) is 29.7 Å². The van der Waals surface area contributed by atoms with Gasteiger partial charge in [-0.3, -0.25) is 4.79 Å². The van der Waals surface area contributed by atoms with Crippen LogP contribution in [0.1, 0.15) is 34.6 Å². The Balaban J connectivity index is 1.59. The van der Waals surface area contributed by atoms with E-state index in [0.717, 1.165) is 10.9 Å². The van der Waals surface area contributed by atoms with Crippen LogP contribution in [0.15, 0.2) is 77.2 Å². The van der Waals surface area contributed by atoms with E-state index >= 15 is 0 Å². The van der Waals surface area contributed by atoms with Gasteiger partial charge in [-0.25, -0.2) is 0 Å². The number of benzene rings is 3. The summed E-state index contributed by atoms with van der Waals surface area (Å²) in [6, 6.07) is 23.3. The molecule has 0 aliphatic carbocycles. The average molecular weight is 431 g/mol. The minimum absolute atomic E-state index is 0.175. The summed E-state index contributed by atoms with van der Waals surface area (Å²) < 4.78 is 16.7. The molecule has 0 fully saturated rings. The smallest absolute Gasteiger partial charge is 0.291 e. The Morgan fingerprint density at radius 2 is 1.66 bits per heavy atom. The van der Waals surface area contributed by atoms with Crippen molar-refractivity contribution in [2.45, 2.75) is 19.5 Å². The molecule has 0 radical (unpaired) electrons. The number of carbonyl (C=O) groups is 1. The minimum Gasteiger partial charge on any atom is -0.495 e. The van der Waals surface area contributed by atoms with E-state index < -0.39 is 0 Å². The molecule has 0 saturated carbocycles. The summed E-state index contributed by atoms with van der Waals surface area (Å²) >= 11 is 0. The van der Waals surface area contributed by atoms with Gasteiger partial charge in [-0.2, -0.15) is 0 Å². The molecule has 0 unspecified atom stereocenters. The molecule has 1 amide bonds. The third-order valence-electron chi connectivity index (χ3n) is 5.43. The normalized spacial score (nSPS) is 11.8. The second kappa shape index (κ2) is 9.58. The zero-order chi connectivity index (χ0) is 22.5. The maximum absolute atomic E-state index is 12.9. The number of hydrogen-bond donors (Lipinski definition) is 2. The molecule has 0 bridgehead atoms. The third-order valence-corrected chi connectivity index (χ3v) is 5.43. The van der Waals surface area contributed by atoms with Crippen LogP contribution in [0.3, 0.4) is 0 Å². The summed E-state index contributed by atoms with van der Waals surface area (Å²) in [5, 5.41) is 7.23. The molecule has 0 aliphatic heterocycles. The van der Waals surface area contributed by atoms with Gasteiger partial charge < -0.3 is 24.5 Å². The van der Waals surface area contributed by atoms with Crippen LogP contribution in [0.2, 0.25) is 0 Å². The number of fused-ring (bicyclic) bond motifs is 1. The van der Waals surface area contributed by atoms with E-state index in [4.69, 9.17) is 13.9 Å². The van der Waals surface area contributed by atoms with E-state index in [1.807, 2.05) is 42.5 Å². The fraction of sp³-hybridized carbons (Fsp3) is 0.192. The van der Waals surface area contributed by atoms with Gasteiger partial charge in [0.25, 0.3) is 5.91 Å². The van der Waals surface area contributed by atoms with Crippen molar-refractivity contribution in [2.24, 2.45) is 0 Å². The molecule has 1 aromatic heterocycles. The zero-order valence-corrected chi connectivity index (χ0v) is 18.3. The van der Waals surface area contributed by atoms with E-state index in [9.17, 15) is 4.79 Å². The molecule has 32 heavy (non-hydrogen) atoms. The summed E-state index contributed by atoms with van der Waals surface area (Å²) in [6.07, 6.45) is 0. The van der Waals surface area contributed by atoms with Crippen molar-refractivity contribution in [2.75, 3.05) is 19.5 Å². The molecule has 0 saturated heterocycles. The standard InChI is InChI=1S/C26H26N2O4/c1-17(18-9-5-4-6-10-18)27-16-19-13-14-23(31-3)25-20(19)15-24(32-25)26(29)28-21-11-7-8-12-22(21)30-2/h4-15,17,27H,16H2,1-3H3,(H,28,29)/t17-/m0/s1. The second-order valence-corrected chi connectivity index (χ2v) is 7.45. The molecule has 0 aliphatic rings. The Kier molecular flexibility index (Phi) is 6.42. The van der Waals surface area contributed by atoms with Crippen LogP contribution < -0.4 is 20.1 Å². The number of rotatable bonds is 8. The largest absolute Gasteiger partial charge is 0.495 e. The van der Waals surface area contributed by atoms with Gasteiger partial charge in [0.15, 0.2) is 17.1 Å². The number of anilines is 1. The van der Waals surface area contributed by atoms with Crippen LogP contribution in [-0.4, -0.2) is 20.1 Å². The SMILES string of the molecule is COc1ccccc1NC(=O)c1cc2c(CN[C@@H](C)c3ccccc3)ccc(OC)c2o1. The Morgan fingerprint density at radius 3 is 2.41 bits per heavy atom. The lowest BCUT2D eigenvalue weighted by atomic mass is 10.1. The van der Waals surface area contributed by atoms with Gasteiger partial charge in [0.1, 0.15) is 5.75 Å². The first kappa shape index (κ1) is 21.5. The van der Waals surface area contributed by atoms with Gasteiger partial charge in [0.2, 0.25) is 0 Å². The van der Waals surface area contributed by atoms with Crippen molar-refractivity contribution in [1.29, 1.82) is 0 Å². The number of para-hydroxylation sites is 2. The van der Waals surface area contributed by atoms with Crippen molar-refractivity contribution in [3.8, 4) is 11.5 Å². The zero-order valence-electron chi connectivity index (χ0n) is 18.3. The van der Waals surface area contributed by atoms with Gasteiger partial charge in [0.05, 0.1) is 19.9 Å². The predicted molar refractivity (Wildman–Crippen MR) is 125 cm³/mol. The van der Waals surface area contributed by atoms with Crippen molar-refractivity contribution in [3.63, 3.8) is 0 Å². The number of methoxy groups -OCH3 is 2. The van der Waals surface area contributed by atoms with Crippen LogP contribution in [0, 0.1) is 0 Å². The van der Waals surface area contributed by atoms with Crippen molar-refractivity contribution in [3.05, 3.63) is 89.7 Å². The van der Waals surface area contributed by atoms with Crippen LogP contribution in [0.5, 0.6) is 11.5 Å². The van der Waals surface area contributed by atoms with Crippen LogP contribution in [0.4, 0.5) is 5.69 Å². The quantitative estimate of drug-likeness (QED) is 0.383. The molecule has 6 heteroatoms. The highest BCUT2D eigenvalue weighted by Gasteiger charge is 2.19. The van der Waals surface area contributed by atoms with E-state index in [1.54, 1.807) is 32.4 Å². The number of carbonyl (C=O) groups excluding carboxylic acids is 1. The van der Waals surface area contributed by atoms with Gasteiger partial charge in [-0.1, -0.05) is 48.5 Å². The number of furan rings is 1. The van der Waals surface area contributed by atoms with Gasteiger partial charge in [-0.05, 0) is 42.3 Å². The summed E-state index contributed by atoms with van der Waals surface area (Å²) in [6.45, 7) is 2.74. The van der Waals surface area contributed by atoms with Gasteiger partial charge in [-0.15, -0.1) is 0 Å². The topological polar surface area (TPSA) is 72.7 Å². The molecule has 2 N–H and O–H groups in total. The molecule has 4 aromatic rings. The van der Waals surface area contributed by atoms with Gasteiger partial charge in [0, 0.05) is 18.0 Å². The molecule has 164 valence electrons. The Labute approximate surface area is 187 Å². The third kappa shape index (κ3) is 4.45. The molecule has 3 aromatic carbocycles. The lowest BCUT2D eigenvalue weighted by Gasteiger charge is -2.15. The summed E-state index contributed by atoms with van der Waals surface area (Å²) in [5.74, 6) is 1.00. The maximum Gasteiger partial charge on any atom is 0.291 e. The fourth-order valence-corrected chi connectivity index (χ4v) is 3.64. The summed E-state index contributed by atoms with van der Waals surface area (Å²) in [7, 11) is 3.15. The van der Waals surface area contributed by atoms with Crippen LogP contribution >= 0.6 is 0 Å². The lowest BCUT2D eigenvalue weighted by molar-refractivity contribution is 0.0998. The van der Waals surface area contributed by atoms with Crippen LogP contribution in [0.25, 0.3) is 11.0 Å². The Hall–Kier alpha value is -3.77. The van der Waals surface area contributed by atoms with Crippen molar-refractivity contribution >= 4 is 22.6 Å². The first-order chi connectivity index (χ1) is 15.6. The van der Waals surface area contributed by atoms with Gasteiger partial charge >= 0.3 is 0 Å². The molecule has 6 nitrogen and oxygen atoms in total. The molecule has 1 atom stereocenters. The second-order valence-electron chi connectivity index (χ2n) is 7.45. The number of amides is 1. The highest BCUT2D eigenvalue weighted by molar-refractivity contribution is 6.06. The van der Waals surface area contributed by atoms with E-state index in [0.29, 0.717) is 29.3 Å². The van der Waals surface area contributed by atoms with E-state index in [-0.39, 0.29) is 17.7 Å². The fourth-order valence-electron chi connectivity index (χ4n) is 3.64. The predicted octanol–water partition coefficient (Wildman–Crippen LogP) is 5.55. The summed E-state index contributed by atoms with van der Waals surface area (Å²) in [5.41, 5.74) is 3.35. The Morgan fingerprint density at radius 1 is 0.938 bits per heavy atom. The monoisotopic (exact) mass is 430 g/mol. The minimum atomic E-state index is -0.357. The highest BCUT2D eigenvalue weighted by atomic mass is 16.5. The number of ether oxygens (including phenoxy) is 2. The highest BCUT2D eigenvalue weighted by Crippen LogP contribution is 2.33. The number of nitrogens with one attached hydrogen (secondary N) is 2. The maximum atomic E-state index is 12.9. The molecular weight excluding hydrogens is 404 g/mol. The first-order valence-electron chi connectivity index (χ1n) is 10.4. The van der Waals surface area contributed by atoms with Crippen LogP contribution in [-0.2, 0) is 6.54 Å². The summed E-state index contributed by atoms with van der Waals surface area (Å²) in [4.78, 5) is 12.9. The Bertz CT molecular complexity index is 1220. The molecular formula is C26H26N2O4. The molecule has 4 rings (SSSR count). The first-order valence-corrected chi connectivity index (χ1v) is 10.4. The molecule has 0 spiro atoms. The number of hydrogen-bond acceptors (Lipinski definition) is 5. The average Bonchev–Trinajstić information content (AvgIpc) is 3.29.